The van der Waals surface area contributed by atoms with E-state index in [-0.39, 0.29) is 116 Å². The van der Waals surface area contributed by atoms with Gasteiger partial charge in [-0.2, -0.15) is 0 Å². The van der Waals surface area contributed by atoms with Gasteiger partial charge in [-0.05, 0) is 57.3 Å². The predicted molar refractivity (Wildman–Crippen MR) is 251 cm³/mol. The molecule has 9 saturated heterocycles. The SMILES string of the molecule is C[C@@H]1C[C@@H]2O[C@@H]3[C@@H](C)[C@H](O)[C@@H]4O[C@]5(CCCO5)[C@@H](C)[C@H](C)[C@H]4O[C@H]3C[C@H]2O[C@H]2C[C@@H](O)[C@@](C)([C@H](O)C[C@H]3OCC[C@H]4O[C@H]5C=C[C@H]6O[C@H]7[C@H](O)[C@H]8OCC=CC[C@@H]8O[C@@H]7C[C@@H]6O[C@@H]5C/C=C\[C@@H]4O3)O[C@@H]2C1. The van der Waals surface area contributed by atoms with Crippen LogP contribution in [0.3, 0.4) is 0 Å². The lowest BCUT2D eigenvalue weighted by Crippen LogP contribution is -2.63. The van der Waals surface area contributed by atoms with Crippen molar-refractivity contribution in [1.82, 2.24) is 0 Å². The summed E-state index contributed by atoms with van der Waals surface area (Å²) in [6.07, 6.45) is 7.48. The largest absolute Gasteiger partial charge is 0.390 e. The Morgan fingerprint density at radius 2 is 1.25 bits per heavy atom. The number of ether oxygens (including phenoxy) is 13. The van der Waals surface area contributed by atoms with Gasteiger partial charge in [0.2, 0.25) is 0 Å². The summed E-state index contributed by atoms with van der Waals surface area (Å²) in [5.74, 6) is -0.590. The Balaban J connectivity index is 0.679. The molecule has 12 rings (SSSR count). The highest BCUT2D eigenvalue weighted by atomic mass is 16.7. The van der Waals surface area contributed by atoms with Crippen LogP contribution in [0.2, 0.25) is 0 Å². The monoisotopic (exact) mass is 1000 g/mol. The van der Waals surface area contributed by atoms with Crippen LogP contribution in [-0.4, -0.2) is 192 Å². The molecule has 9 fully saturated rings. The fourth-order valence-electron chi connectivity index (χ4n) is 14.6. The molecule has 0 aliphatic carbocycles. The highest BCUT2D eigenvalue weighted by Gasteiger charge is 2.61. The minimum atomic E-state index is -1.32. The molecule has 398 valence electrons. The Kier molecular flexibility index (Phi) is 14.3. The molecular weight excluding hydrogens is 921 g/mol. The van der Waals surface area contributed by atoms with Crippen LogP contribution in [0.25, 0.3) is 0 Å². The summed E-state index contributed by atoms with van der Waals surface area (Å²) in [5, 5.41) is 47.3. The molecule has 12 aliphatic heterocycles. The topological polar surface area (TPSA) is 201 Å². The summed E-state index contributed by atoms with van der Waals surface area (Å²) >= 11 is 0. The van der Waals surface area contributed by atoms with E-state index in [4.69, 9.17) is 61.6 Å². The molecule has 12 heterocycles. The lowest BCUT2D eigenvalue weighted by molar-refractivity contribution is -0.339. The Labute approximate surface area is 418 Å². The van der Waals surface area contributed by atoms with Gasteiger partial charge in [0.05, 0.1) is 111 Å². The van der Waals surface area contributed by atoms with Gasteiger partial charge in [-0.1, -0.05) is 64.2 Å². The number of hydrogen-bond donors (Lipinski definition) is 4. The zero-order valence-electron chi connectivity index (χ0n) is 42.0. The van der Waals surface area contributed by atoms with Crippen LogP contribution in [0.1, 0.15) is 105 Å². The van der Waals surface area contributed by atoms with Crippen molar-refractivity contribution < 1.29 is 82.0 Å². The molecule has 17 heteroatoms. The van der Waals surface area contributed by atoms with Crippen molar-refractivity contribution in [3.8, 4) is 0 Å². The van der Waals surface area contributed by atoms with Gasteiger partial charge in [0, 0.05) is 43.9 Å². The summed E-state index contributed by atoms with van der Waals surface area (Å²) < 4.78 is 86.3. The second-order valence-electron chi connectivity index (χ2n) is 23.6. The van der Waals surface area contributed by atoms with Crippen molar-refractivity contribution in [2.45, 2.75) is 257 Å². The number of aliphatic hydroxyl groups is 4. The zero-order chi connectivity index (χ0) is 48.9. The Morgan fingerprint density at radius 1 is 0.549 bits per heavy atom. The van der Waals surface area contributed by atoms with E-state index in [0.29, 0.717) is 58.3 Å². The molecule has 17 nitrogen and oxygen atoms in total. The van der Waals surface area contributed by atoms with E-state index in [9.17, 15) is 20.4 Å². The fraction of sp³-hybridized carbons (Fsp3) is 0.889. The lowest BCUT2D eigenvalue weighted by Gasteiger charge is -2.53. The minimum Gasteiger partial charge on any atom is -0.390 e. The van der Waals surface area contributed by atoms with Crippen LogP contribution in [0.15, 0.2) is 36.5 Å². The molecule has 4 N–H and O–H groups in total. The number of rotatable bonds is 3. The molecule has 1 spiro atoms. The molecule has 12 aliphatic rings. The highest BCUT2D eigenvalue weighted by molar-refractivity contribution is 5.13. The Morgan fingerprint density at radius 3 is 2.08 bits per heavy atom. The maximum atomic E-state index is 12.1. The maximum Gasteiger partial charge on any atom is 0.171 e. The summed E-state index contributed by atoms with van der Waals surface area (Å²) in [7, 11) is 0. The van der Waals surface area contributed by atoms with Gasteiger partial charge in [0.25, 0.3) is 0 Å². The van der Waals surface area contributed by atoms with Gasteiger partial charge in [-0.3, -0.25) is 0 Å². The Hall–Kier alpha value is -1.46. The van der Waals surface area contributed by atoms with Crippen molar-refractivity contribution in [1.29, 1.82) is 0 Å². The lowest BCUT2D eigenvalue weighted by atomic mass is 9.76. The van der Waals surface area contributed by atoms with Crippen LogP contribution in [0.4, 0.5) is 0 Å². The van der Waals surface area contributed by atoms with E-state index in [1.807, 2.05) is 31.2 Å². The second kappa shape index (κ2) is 20.2. The van der Waals surface area contributed by atoms with Gasteiger partial charge in [-0.25, -0.2) is 0 Å². The number of fused-ring (bicyclic) bond motifs is 9. The summed E-state index contributed by atoms with van der Waals surface area (Å²) in [6, 6.07) is 0. The first-order chi connectivity index (χ1) is 34.2. The van der Waals surface area contributed by atoms with E-state index in [1.165, 1.54) is 0 Å². The van der Waals surface area contributed by atoms with Crippen molar-refractivity contribution in [2.24, 2.45) is 23.7 Å². The van der Waals surface area contributed by atoms with Crippen LogP contribution < -0.4 is 0 Å². The van der Waals surface area contributed by atoms with E-state index in [2.05, 4.69) is 32.9 Å². The van der Waals surface area contributed by atoms with Crippen LogP contribution in [0, 0.1) is 23.7 Å². The normalized spacial score (nSPS) is 56.9. The molecule has 0 saturated carbocycles. The van der Waals surface area contributed by atoms with Gasteiger partial charge in [0.1, 0.15) is 48.3 Å². The molecule has 0 aromatic heterocycles. The fourth-order valence-corrected chi connectivity index (χ4v) is 14.6. The zero-order valence-corrected chi connectivity index (χ0v) is 42.0. The van der Waals surface area contributed by atoms with E-state index < -0.39 is 72.6 Å². The van der Waals surface area contributed by atoms with Crippen LogP contribution in [0.5, 0.6) is 0 Å². The standard InChI is InChI=1S/C54H80O17/c1-26-20-36-38(23-41-48(68-36)28(3)46(57)52-49(69-41)27(2)29(4)54(71-52)16-9-18-61-54)65-39-24-43(55)53(5,70-40(39)21-26)44(56)25-45-59-19-15-34-31(66-45)12-8-11-30-32(62-34)13-14-33-37(63-30)22-42-51(67-33)47(58)50-35(64-42)10-6-7-17-60-50/h6-8,12-14,26-52,55-58H,9-11,15-25H2,1-5H3/b12-8-/t26-,27+,28+,29+,30-,31+,32+,33-,34-,35+,36+,37+,38-,39+,40-,41+,42-,43-,44-,45+,46+,47-,48-,49-,50+,51-,52+,53+,54-/m1/s1. The molecular formula is C54H80O17. The smallest absolute Gasteiger partial charge is 0.171 e. The molecule has 71 heavy (non-hydrogen) atoms. The average molecular weight is 1000 g/mol. The molecule has 0 unspecified atom stereocenters. The van der Waals surface area contributed by atoms with Gasteiger partial charge < -0.3 is 82.0 Å². The van der Waals surface area contributed by atoms with E-state index in [1.54, 1.807) is 6.92 Å². The third-order valence-electron chi connectivity index (χ3n) is 19.0. The molecule has 0 bridgehead atoms. The van der Waals surface area contributed by atoms with Crippen molar-refractivity contribution in [3.05, 3.63) is 36.5 Å². The van der Waals surface area contributed by atoms with Crippen LogP contribution in [-0.2, 0) is 61.6 Å². The summed E-state index contributed by atoms with van der Waals surface area (Å²) in [4.78, 5) is 0. The first-order valence-electron chi connectivity index (χ1n) is 27.4. The second-order valence-corrected chi connectivity index (χ2v) is 23.6. The van der Waals surface area contributed by atoms with Crippen LogP contribution >= 0.6 is 0 Å². The van der Waals surface area contributed by atoms with E-state index >= 15 is 0 Å². The summed E-state index contributed by atoms with van der Waals surface area (Å²) in [6.45, 7) is 11.8. The third-order valence-corrected chi connectivity index (χ3v) is 19.0. The Bertz CT molecular complexity index is 1950. The molecule has 0 amide bonds. The molecule has 0 aromatic carbocycles. The van der Waals surface area contributed by atoms with Gasteiger partial charge in [-0.15, -0.1) is 0 Å². The first kappa shape index (κ1) is 50.4. The van der Waals surface area contributed by atoms with Gasteiger partial charge >= 0.3 is 0 Å². The average Bonchev–Trinajstić information content (AvgIpc) is 3.42. The number of hydrogen-bond acceptors (Lipinski definition) is 17. The molecule has 0 radical (unpaired) electrons. The van der Waals surface area contributed by atoms with Crippen molar-refractivity contribution in [3.63, 3.8) is 0 Å². The highest BCUT2D eigenvalue weighted by Crippen LogP contribution is 2.51. The first-order valence-corrected chi connectivity index (χ1v) is 27.4. The van der Waals surface area contributed by atoms with Crippen molar-refractivity contribution >= 4 is 0 Å². The molecule has 29 atom stereocenters. The van der Waals surface area contributed by atoms with Crippen molar-refractivity contribution in [2.75, 3.05) is 19.8 Å². The minimum absolute atomic E-state index is 0.0760. The number of aliphatic hydroxyl groups excluding tert-OH is 4. The third kappa shape index (κ3) is 9.31. The van der Waals surface area contributed by atoms with E-state index in [0.717, 1.165) is 19.3 Å². The predicted octanol–water partition coefficient (Wildman–Crippen LogP) is 3.73. The van der Waals surface area contributed by atoms with Gasteiger partial charge in [0.15, 0.2) is 12.1 Å². The molecule has 0 aromatic rings. The quantitative estimate of drug-likeness (QED) is 0.298. The summed E-state index contributed by atoms with van der Waals surface area (Å²) in [5.41, 5.74) is -1.32. The maximum absolute atomic E-state index is 12.1.